The minimum absolute atomic E-state index is 0.159. The van der Waals surface area contributed by atoms with Gasteiger partial charge < -0.3 is 4.90 Å². The minimum Gasteiger partial charge on any atom is -0.304 e. The first-order chi connectivity index (χ1) is 7.53. The van der Waals surface area contributed by atoms with Crippen molar-refractivity contribution < 1.29 is 8.42 Å². The third kappa shape index (κ3) is 5.45. The van der Waals surface area contributed by atoms with Gasteiger partial charge in [-0.05, 0) is 19.9 Å². The summed E-state index contributed by atoms with van der Waals surface area (Å²) in [5.74, 6) is 0.677. The predicted octanol–water partition coefficient (Wildman–Crippen LogP) is 0.0872. The number of unbranched alkanes of at least 4 members (excludes halogenated alkanes) is 1. The molecule has 1 aliphatic rings. The second kappa shape index (κ2) is 6.76. The van der Waals surface area contributed by atoms with Gasteiger partial charge in [-0.2, -0.15) is 0 Å². The molecule has 1 fully saturated rings. The Kier molecular flexibility index (Phi) is 5.99. The zero-order valence-electron chi connectivity index (χ0n) is 9.65. The average Bonchev–Trinajstić information content (AvgIpc) is 2.21. The first-order valence-corrected chi connectivity index (χ1v) is 7.72. The number of sulfonamides is 1. The molecule has 0 bridgehead atoms. The number of nitrogens with one attached hydrogen (secondary N) is 1. The molecule has 0 aromatic heterocycles. The van der Waals surface area contributed by atoms with Gasteiger partial charge in [0.1, 0.15) is 0 Å². The van der Waals surface area contributed by atoms with Crippen LogP contribution in [0.25, 0.3) is 0 Å². The molecule has 0 spiro atoms. The van der Waals surface area contributed by atoms with Crippen LogP contribution < -0.4 is 4.83 Å². The molecule has 1 saturated heterocycles. The number of alkyl halides is 1. The van der Waals surface area contributed by atoms with Crippen LogP contribution in [-0.4, -0.2) is 63.2 Å². The van der Waals surface area contributed by atoms with Crippen LogP contribution in [0.2, 0.25) is 0 Å². The zero-order valence-corrected chi connectivity index (χ0v) is 11.2. The summed E-state index contributed by atoms with van der Waals surface area (Å²) in [4.78, 5) is 4.79. The Morgan fingerprint density at radius 2 is 1.81 bits per heavy atom. The van der Waals surface area contributed by atoms with Gasteiger partial charge in [-0.1, -0.05) is 0 Å². The van der Waals surface area contributed by atoms with Crippen molar-refractivity contribution in [3.63, 3.8) is 0 Å². The van der Waals surface area contributed by atoms with E-state index >= 15 is 0 Å². The van der Waals surface area contributed by atoms with Gasteiger partial charge in [-0.25, -0.2) is 13.4 Å². The molecule has 16 heavy (non-hydrogen) atoms. The molecule has 1 rings (SSSR count). The van der Waals surface area contributed by atoms with Gasteiger partial charge in [0.05, 0.1) is 5.75 Å². The second-order valence-electron chi connectivity index (χ2n) is 4.10. The van der Waals surface area contributed by atoms with Gasteiger partial charge in [-0.15, -0.1) is 16.4 Å². The molecular weight excluding hydrogens is 250 g/mol. The van der Waals surface area contributed by atoms with Crippen LogP contribution in [0.4, 0.5) is 0 Å². The Morgan fingerprint density at radius 3 is 2.38 bits per heavy atom. The molecule has 1 N–H and O–H groups in total. The number of likely N-dealkylation sites (N-methyl/N-ethyl adjacent to an activating group) is 1. The van der Waals surface area contributed by atoms with Crippen LogP contribution in [0.1, 0.15) is 12.8 Å². The highest BCUT2D eigenvalue weighted by molar-refractivity contribution is 7.89. The van der Waals surface area contributed by atoms with Crippen molar-refractivity contribution in [2.24, 2.45) is 0 Å². The van der Waals surface area contributed by atoms with E-state index < -0.39 is 10.0 Å². The number of halogens is 1. The predicted molar refractivity (Wildman–Crippen MR) is 65.9 cm³/mol. The highest BCUT2D eigenvalue weighted by Gasteiger charge is 2.18. The van der Waals surface area contributed by atoms with Crippen LogP contribution >= 0.6 is 11.6 Å². The molecule has 1 aliphatic heterocycles. The van der Waals surface area contributed by atoms with E-state index in [2.05, 4.69) is 9.73 Å². The number of piperazine rings is 1. The fraction of sp³-hybridized carbons (Fsp3) is 1.00. The first kappa shape index (κ1) is 14.2. The van der Waals surface area contributed by atoms with Gasteiger partial charge in [0.25, 0.3) is 0 Å². The molecule has 96 valence electrons. The van der Waals surface area contributed by atoms with E-state index in [0.29, 0.717) is 12.3 Å². The summed E-state index contributed by atoms with van der Waals surface area (Å²) < 4.78 is 23.3. The lowest BCUT2D eigenvalue weighted by Crippen LogP contribution is -2.52. The first-order valence-electron chi connectivity index (χ1n) is 5.53. The molecule has 1 heterocycles. The molecule has 5 nitrogen and oxygen atoms in total. The third-order valence-corrected chi connectivity index (χ3v) is 4.20. The Morgan fingerprint density at radius 1 is 1.19 bits per heavy atom. The van der Waals surface area contributed by atoms with E-state index in [-0.39, 0.29) is 5.75 Å². The maximum Gasteiger partial charge on any atom is 0.224 e. The summed E-state index contributed by atoms with van der Waals surface area (Å²) in [6.07, 6.45) is 1.36. The summed E-state index contributed by atoms with van der Waals surface area (Å²) in [7, 11) is -1.14. The molecule has 0 amide bonds. The Balaban J connectivity index is 2.29. The molecule has 0 radical (unpaired) electrons. The molecule has 0 aromatic carbocycles. The number of hydrazine groups is 1. The third-order valence-electron chi connectivity index (χ3n) is 2.57. The SMILES string of the molecule is CN1CCN(NS(=O)(=O)CCCCCl)CC1. The standard InChI is InChI=1S/C9H20ClN3O2S/c1-12-5-7-13(8-6-12)11-16(14,15)9-3-2-4-10/h11H,2-9H2,1H3. The minimum atomic E-state index is -3.17. The summed E-state index contributed by atoms with van der Waals surface area (Å²) in [6.45, 7) is 3.27. The number of rotatable bonds is 6. The Labute approximate surface area is 103 Å². The largest absolute Gasteiger partial charge is 0.304 e. The number of hydrogen-bond donors (Lipinski definition) is 1. The van der Waals surface area contributed by atoms with Gasteiger partial charge in [-0.3, -0.25) is 0 Å². The lowest BCUT2D eigenvalue weighted by atomic mass is 10.4. The van der Waals surface area contributed by atoms with Crippen molar-refractivity contribution >= 4 is 21.6 Å². The lowest BCUT2D eigenvalue weighted by molar-refractivity contribution is 0.135. The molecule has 0 aliphatic carbocycles. The average molecular weight is 270 g/mol. The maximum atomic E-state index is 11.6. The fourth-order valence-corrected chi connectivity index (χ4v) is 2.97. The molecule has 0 saturated carbocycles. The lowest BCUT2D eigenvalue weighted by Gasteiger charge is -2.32. The normalized spacial score (nSPS) is 20.1. The molecular formula is C9H20ClN3O2S. The van der Waals surface area contributed by atoms with E-state index in [9.17, 15) is 8.42 Å². The van der Waals surface area contributed by atoms with Gasteiger partial charge >= 0.3 is 0 Å². The molecule has 0 atom stereocenters. The number of nitrogens with zero attached hydrogens (tertiary/aromatic N) is 2. The van der Waals surface area contributed by atoms with Gasteiger partial charge in [0.15, 0.2) is 0 Å². The van der Waals surface area contributed by atoms with Gasteiger partial charge in [0, 0.05) is 32.1 Å². The molecule has 0 unspecified atom stereocenters. The van der Waals surface area contributed by atoms with Crippen molar-refractivity contribution in [2.75, 3.05) is 44.9 Å². The van der Waals surface area contributed by atoms with Crippen LogP contribution in [-0.2, 0) is 10.0 Å². The maximum absolute atomic E-state index is 11.6. The zero-order chi connectivity index (χ0) is 12.0. The van der Waals surface area contributed by atoms with Crippen molar-refractivity contribution in [3.05, 3.63) is 0 Å². The van der Waals surface area contributed by atoms with E-state index in [1.54, 1.807) is 5.01 Å². The Hall–Kier alpha value is 0.120. The highest BCUT2D eigenvalue weighted by atomic mass is 35.5. The van der Waals surface area contributed by atoms with Crippen molar-refractivity contribution in [1.82, 2.24) is 14.7 Å². The monoisotopic (exact) mass is 269 g/mol. The van der Waals surface area contributed by atoms with Crippen LogP contribution in [0.3, 0.4) is 0 Å². The van der Waals surface area contributed by atoms with E-state index in [4.69, 9.17) is 11.6 Å². The van der Waals surface area contributed by atoms with Crippen molar-refractivity contribution in [2.45, 2.75) is 12.8 Å². The second-order valence-corrected chi connectivity index (χ2v) is 6.29. The molecule has 7 heteroatoms. The summed E-state index contributed by atoms with van der Waals surface area (Å²) in [5.41, 5.74) is 0. The van der Waals surface area contributed by atoms with Crippen LogP contribution in [0, 0.1) is 0 Å². The van der Waals surface area contributed by atoms with Crippen molar-refractivity contribution in [1.29, 1.82) is 0 Å². The van der Waals surface area contributed by atoms with E-state index in [1.807, 2.05) is 7.05 Å². The summed E-state index contributed by atoms with van der Waals surface area (Å²) >= 11 is 5.51. The summed E-state index contributed by atoms with van der Waals surface area (Å²) in [6, 6.07) is 0. The summed E-state index contributed by atoms with van der Waals surface area (Å²) in [5, 5.41) is 1.77. The van der Waals surface area contributed by atoms with E-state index in [1.165, 1.54) is 0 Å². The topological polar surface area (TPSA) is 52.6 Å². The Bertz CT molecular complexity index is 289. The molecule has 0 aromatic rings. The quantitative estimate of drug-likeness (QED) is 0.548. The smallest absolute Gasteiger partial charge is 0.224 e. The van der Waals surface area contributed by atoms with Gasteiger partial charge in [0.2, 0.25) is 10.0 Å². The van der Waals surface area contributed by atoms with Crippen LogP contribution in [0.5, 0.6) is 0 Å². The van der Waals surface area contributed by atoms with Crippen LogP contribution in [0.15, 0.2) is 0 Å². The fourth-order valence-electron chi connectivity index (χ4n) is 1.53. The van der Waals surface area contributed by atoms with Crippen molar-refractivity contribution in [3.8, 4) is 0 Å². The highest BCUT2D eigenvalue weighted by Crippen LogP contribution is 2.00. The van der Waals surface area contributed by atoms with E-state index in [0.717, 1.165) is 32.6 Å². The number of hydrogen-bond acceptors (Lipinski definition) is 4.